The second-order valence-corrected chi connectivity index (χ2v) is 6.36. The molecule has 1 aliphatic rings. The molecule has 3 rings (SSSR count). The van der Waals surface area contributed by atoms with E-state index in [4.69, 9.17) is 16.3 Å². The van der Waals surface area contributed by atoms with Gasteiger partial charge in [-0.3, -0.25) is 4.90 Å². The van der Waals surface area contributed by atoms with Crippen molar-refractivity contribution in [3.05, 3.63) is 64.7 Å². The molecule has 24 heavy (non-hydrogen) atoms. The van der Waals surface area contributed by atoms with Crippen molar-refractivity contribution in [3.63, 3.8) is 0 Å². The number of piperazine rings is 1. The Labute approximate surface area is 148 Å². The monoisotopic (exact) mass is 346 g/mol. The predicted molar refractivity (Wildman–Crippen MR) is 96.5 cm³/mol. The van der Waals surface area contributed by atoms with Gasteiger partial charge in [-0.1, -0.05) is 48.0 Å². The van der Waals surface area contributed by atoms with E-state index in [0.29, 0.717) is 17.4 Å². The van der Waals surface area contributed by atoms with Crippen LogP contribution in [0.5, 0.6) is 5.75 Å². The van der Waals surface area contributed by atoms with Crippen LogP contribution in [0.3, 0.4) is 0 Å². The highest BCUT2D eigenvalue weighted by Crippen LogP contribution is 2.30. The SMILES string of the molecule is OCC(c1ccc(OCc2ccccc2)c(Cl)c1)N1CCNCC1. The molecule has 1 heterocycles. The Hall–Kier alpha value is -1.59. The van der Waals surface area contributed by atoms with Crippen molar-refractivity contribution >= 4 is 11.6 Å². The Balaban J connectivity index is 1.69. The minimum Gasteiger partial charge on any atom is -0.487 e. The zero-order valence-corrected chi connectivity index (χ0v) is 14.4. The molecule has 2 N–H and O–H groups in total. The molecular weight excluding hydrogens is 324 g/mol. The summed E-state index contributed by atoms with van der Waals surface area (Å²) in [6.07, 6.45) is 0. The maximum Gasteiger partial charge on any atom is 0.138 e. The number of aliphatic hydroxyl groups excluding tert-OH is 1. The molecule has 0 radical (unpaired) electrons. The highest BCUT2D eigenvalue weighted by molar-refractivity contribution is 6.32. The molecule has 1 unspecified atom stereocenters. The molecule has 5 heteroatoms. The third-order valence-electron chi connectivity index (χ3n) is 4.34. The molecule has 0 aromatic heterocycles. The van der Waals surface area contributed by atoms with E-state index in [-0.39, 0.29) is 12.6 Å². The van der Waals surface area contributed by atoms with Crippen molar-refractivity contribution in [1.82, 2.24) is 10.2 Å². The quantitative estimate of drug-likeness (QED) is 0.844. The number of hydrogen-bond acceptors (Lipinski definition) is 4. The lowest BCUT2D eigenvalue weighted by Crippen LogP contribution is -2.46. The Morgan fingerprint density at radius 1 is 1.12 bits per heavy atom. The van der Waals surface area contributed by atoms with Crippen LogP contribution < -0.4 is 10.1 Å². The Kier molecular flexibility index (Phi) is 6.10. The highest BCUT2D eigenvalue weighted by Gasteiger charge is 2.22. The van der Waals surface area contributed by atoms with Gasteiger partial charge in [0.1, 0.15) is 12.4 Å². The Morgan fingerprint density at radius 2 is 1.88 bits per heavy atom. The summed E-state index contributed by atoms with van der Waals surface area (Å²) in [5.74, 6) is 0.668. The summed E-state index contributed by atoms with van der Waals surface area (Å²) in [6.45, 7) is 4.32. The van der Waals surface area contributed by atoms with E-state index in [0.717, 1.165) is 37.3 Å². The first-order valence-corrected chi connectivity index (χ1v) is 8.67. The fourth-order valence-electron chi connectivity index (χ4n) is 3.00. The summed E-state index contributed by atoms with van der Waals surface area (Å²) < 4.78 is 5.82. The van der Waals surface area contributed by atoms with Gasteiger partial charge in [0.2, 0.25) is 0 Å². The fraction of sp³-hybridized carbons (Fsp3) is 0.368. The van der Waals surface area contributed by atoms with Gasteiger partial charge in [-0.2, -0.15) is 0 Å². The zero-order valence-electron chi connectivity index (χ0n) is 13.6. The molecule has 4 nitrogen and oxygen atoms in total. The molecule has 1 atom stereocenters. The van der Waals surface area contributed by atoms with Crippen LogP contribution >= 0.6 is 11.6 Å². The Morgan fingerprint density at radius 3 is 2.54 bits per heavy atom. The van der Waals surface area contributed by atoms with Crippen LogP contribution in [-0.4, -0.2) is 42.8 Å². The topological polar surface area (TPSA) is 44.7 Å². The van der Waals surface area contributed by atoms with Gasteiger partial charge >= 0.3 is 0 Å². The van der Waals surface area contributed by atoms with Crippen molar-refractivity contribution in [3.8, 4) is 5.75 Å². The molecule has 0 saturated carbocycles. The van der Waals surface area contributed by atoms with Gasteiger partial charge in [0.25, 0.3) is 0 Å². The smallest absolute Gasteiger partial charge is 0.138 e. The van der Waals surface area contributed by atoms with Gasteiger partial charge in [0, 0.05) is 26.2 Å². The average Bonchev–Trinajstić information content (AvgIpc) is 2.63. The third kappa shape index (κ3) is 4.28. The highest BCUT2D eigenvalue weighted by atomic mass is 35.5. The van der Waals surface area contributed by atoms with E-state index in [2.05, 4.69) is 10.2 Å². The number of aliphatic hydroxyl groups is 1. The number of nitrogens with zero attached hydrogens (tertiary/aromatic N) is 1. The summed E-state index contributed by atoms with van der Waals surface area (Å²) >= 11 is 6.40. The number of rotatable bonds is 6. The van der Waals surface area contributed by atoms with Crippen molar-refractivity contribution in [1.29, 1.82) is 0 Å². The van der Waals surface area contributed by atoms with Crippen molar-refractivity contribution in [2.75, 3.05) is 32.8 Å². The minimum atomic E-state index is -0.0206. The first-order chi connectivity index (χ1) is 11.8. The van der Waals surface area contributed by atoms with Crippen molar-refractivity contribution in [2.24, 2.45) is 0 Å². The van der Waals surface area contributed by atoms with Gasteiger partial charge in [0.05, 0.1) is 17.7 Å². The van der Waals surface area contributed by atoms with Gasteiger partial charge in [-0.25, -0.2) is 0 Å². The van der Waals surface area contributed by atoms with E-state index in [1.807, 2.05) is 48.5 Å². The molecule has 0 amide bonds. The van der Waals surface area contributed by atoms with Crippen LogP contribution in [0.1, 0.15) is 17.2 Å². The van der Waals surface area contributed by atoms with Crippen LogP contribution in [0.2, 0.25) is 5.02 Å². The molecule has 2 aromatic carbocycles. The standard InChI is InChI=1S/C19H23ClN2O2/c20-17-12-16(18(13-23)22-10-8-21-9-11-22)6-7-19(17)24-14-15-4-2-1-3-5-15/h1-7,12,18,21,23H,8-11,13-14H2. The summed E-state index contributed by atoms with van der Waals surface area (Å²) in [4.78, 5) is 2.28. The predicted octanol–water partition coefficient (Wildman–Crippen LogP) is 2.86. The molecular formula is C19H23ClN2O2. The first kappa shape index (κ1) is 17.2. The molecule has 0 bridgehead atoms. The number of ether oxygens (including phenoxy) is 1. The summed E-state index contributed by atoms with van der Waals surface area (Å²) in [5.41, 5.74) is 2.13. The van der Waals surface area contributed by atoms with Crippen molar-refractivity contribution < 1.29 is 9.84 Å². The van der Waals surface area contributed by atoms with E-state index in [1.54, 1.807) is 0 Å². The third-order valence-corrected chi connectivity index (χ3v) is 4.64. The van der Waals surface area contributed by atoms with Crippen molar-refractivity contribution in [2.45, 2.75) is 12.6 Å². The van der Waals surface area contributed by atoms with Gasteiger partial charge in [-0.05, 0) is 23.3 Å². The number of nitrogens with one attached hydrogen (secondary N) is 1. The average molecular weight is 347 g/mol. The first-order valence-electron chi connectivity index (χ1n) is 8.29. The lowest BCUT2D eigenvalue weighted by molar-refractivity contribution is 0.111. The molecule has 2 aromatic rings. The lowest BCUT2D eigenvalue weighted by atomic mass is 10.0. The molecule has 0 aliphatic carbocycles. The summed E-state index contributed by atoms with van der Waals surface area (Å²) in [5, 5.41) is 13.7. The molecule has 0 spiro atoms. The molecule has 128 valence electrons. The molecule has 1 saturated heterocycles. The zero-order chi connectivity index (χ0) is 16.8. The van der Waals surface area contributed by atoms with Crippen LogP contribution in [0, 0.1) is 0 Å². The number of benzene rings is 2. The van der Waals surface area contributed by atoms with Gasteiger partial charge in [0.15, 0.2) is 0 Å². The van der Waals surface area contributed by atoms with Crippen LogP contribution in [0.4, 0.5) is 0 Å². The Bertz CT molecular complexity index is 645. The van der Waals surface area contributed by atoms with Gasteiger partial charge < -0.3 is 15.2 Å². The normalized spacial score (nSPS) is 16.8. The lowest BCUT2D eigenvalue weighted by Gasteiger charge is -2.34. The summed E-state index contributed by atoms with van der Waals surface area (Å²) in [7, 11) is 0. The van der Waals surface area contributed by atoms with Gasteiger partial charge in [-0.15, -0.1) is 0 Å². The minimum absolute atomic E-state index is 0.0206. The van der Waals surface area contributed by atoms with Crippen LogP contribution in [0.25, 0.3) is 0 Å². The molecule has 1 aliphatic heterocycles. The van der Waals surface area contributed by atoms with E-state index < -0.39 is 0 Å². The van der Waals surface area contributed by atoms with Crippen LogP contribution in [-0.2, 0) is 6.61 Å². The largest absolute Gasteiger partial charge is 0.487 e. The second-order valence-electron chi connectivity index (χ2n) is 5.95. The maximum absolute atomic E-state index is 9.81. The van der Waals surface area contributed by atoms with E-state index in [9.17, 15) is 5.11 Å². The van der Waals surface area contributed by atoms with E-state index >= 15 is 0 Å². The summed E-state index contributed by atoms with van der Waals surface area (Å²) in [6, 6.07) is 15.8. The molecule has 1 fully saturated rings. The fourth-order valence-corrected chi connectivity index (χ4v) is 3.25. The number of halogens is 1. The van der Waals surface area contributed by atoms with Crippen LogP contribution in [0.15, 0.2) is 48.5 Å². The van der Waals surface area contributed by atoms with E-state index in [1.165, 1.54) is 0 Å². The number of hydrogen-bond donors (Lipinski definition) is 2. The second kappa shape index (κ2) is 8.49. The maximum atomic E-state index is 9.81.